The van der Waals surface area contributed by atoms with Gasteiger partial charge in [0.1, 0.15) is 11.4 Å². The van der Waals surface area contributed by atoms with Crippen LogP contribution < -0.4 is 10.1 Å². The second kappa shape index (κ2) is 8.64. The Balaban J connectivity index is 1.53. The summed E-state index contributed by atoms with van der Waals surface area (Å²) in [5, 5.41) is 4.20. The van der Waals surface area contributed by atoms with Gasteiger partial charge >= 0.3 is 5.97 Å². The minimum Gasteiger partial charge on any atom is -0.497 e. The second-order valence-corrected chi connectivity index (χ2v) is 9.61. The lowest BCUT2D eigenvalue weighted by atomic mass is 9.82. The maximum Gasteiger partial charge on any atom is 0.340 e. The number of nitrogens with one attached hydrogen (secondary N) is 1. The highest BCUT2D eigenvalue weighted by atomic mass is 16.6. The molecule has 4 aromatic rings. The predicted molar refractivity (Wildman–Crippen MR) is 138 cm³/mol. The zero-order chi connectivity index (χ0) is 24.9. The smallest absolute Gasteiger partial charge is 0.340 e. The Kier molecular flexibility index (Phi) is 5.41. The van der Waals surface area contributed by atoms with Crippen molar-refractivity contribution >= 4 is 22.7 Å². The van der Waals surface area contributed by atoms with Crippen molar-refractivity contribution in [3.63, 3.8) is 0 Å². The molecule has 6 nitrogen and oxygen atoms in total. The lowest BCUT2D eigenvalue weighted by Crippen LogP contribution is -2.40. The third-order valence-electron chi connectivity index (χ3n) is 7.63. The molecular formula is C30H28N2O4. The minimum absolute atomic E-state index is 0.186. The number of carbonyl (C=O) groups is 2. The average Bonchev–Trinajstić information content (AvgIpc) is 3.34. The summed E-state index contributed by atoms with van der Waals surface area (Å²) < 4.78 is 13.8. The molecule has 6 heteroatoms. The van der Waals surface area contributed by atoms with Crippen LogP contribution in [0.3, 0.4) is 0 Å². The van der Waals surface area contributed by atoms with Crippen molar-refractivity contribution in [3.05, 3.63) is 100 Å². The van der Waals surface area contributed by atoms with Crippen LogP contribution in [-0.4, -0.2) is 36.5 Å². The summed E-state index contributed by atoms with van der Waals surface area (Å²) in [6.45, 7) is 4.12. The van der Waals surface area contributed by atoms with Crippen LogP contribution in [0.5, 0.6) is 5.75 Å². The summed E-state index contributed by atoms with van der Waals surface area (Å²) >= 11 is 0. The van der Waals surface area contributed by atoms with Gasteiger partial charge in [0.15, 0.2) is 5.78 Å². The Morgan fingerprint density at radius 2 is 1.78 bits per heavy atom. The number of carbonyl (C=O) groups excluding carboxylic acids is 2. The van der Waals surface area contributed by atoms with Gasteiger partial charge in [0.25, 0.3) is 0 Å². The molecule has 6 rings (SSSR count). The molecule has 1 fully saturated rings. The first-order valence-corrected chi connectivity index (χ1v) is 12.4. The van der Waals surface area contributed by atoms with Gasteiger partial charge in [-0.15, -0.1) is 0 Å². The highest BCUT2D eigenvalue weighted by Gasteiger charge is 2.48. The number of aromatic nitrogens is 1. The SMILES string of the molecule is COc1cc(C(=O)c2c(C)n(Cc3ccccc3)c3ccccc23)c2c(c1)C1(CCNCC1)OC2=O. The molecule has 1 spiro atoms. The molecule has 1 N–H and O–H groups in total. The third-order valence-corrected chi connectivity index (χ3v) is 7.63. The summed E-state index contributed by atoms with van der Waals surface area (Å²) in [7, 11) is 1.58. The van der Waals surface area contributed by atoms with Gasteiger partial charge in [-0.25, -0.2) is 4.79 Å². The standard InChI is InChI=1S/C30H28N2O4/c1-19-26(22-10-6-7-11-25(22)32(19)18-20-8-4-3-5-9-20)28(33)23-16-21(35-2)17-24-27(23)29(34)36-30(24)12-14-31-15-13-30/h3-11,16-17,31H,12-15,18H2,1-2H3. The van der Waals surface area contributed by atoms with E-state index in [2.05, 4.69) is 22.0 Å². The van der Waals surface area contributed by atoms with Crippen molar-refractivity contribution in [2.75, 3.05) is 20.2 Å². The number of esters is 1. The monoisotopic (exact) mass is 480 g/mol. The molecule has 0 saturated carbocycles. The Labute approximate surface area is 209 Å². The number of fused-ring (bicyclic) bond motifs is 3. The van der Waals surface area contributed by atoms with Crippen molar-refractivity contribution in [1.29, 1.82) is 0 Å². The summed E-state index contributed by atoms with van der Waals surface area (Å²) in [5.41, 5.74) is 4.39. The fraction of sp³-hybridized carbons (Fsp3) is 0.267. The predicted octanol–water partition coefficient (Wildman–Crippen LogP) is 4.99. The summed E-state index contributed by atoms with van der Waals surface area (Å²) in [4.78, 5) is 27.6. The topological polar surface area (TPSA) is 69.6 Å². The van der Waals surface area contributed by atoms with Gasteiger partial charge in [0, 0.05) is 47.1 Å². The lowest BCUT2D eigenvalue weighted by molar-refractivity contribution is -0.0242. The van der Waals surface area contributed by atoms with E-state index >= 15 is 0 Å². The Morgan fingerprint density at radius 3 is 2.53 bits per heavy atom. The molecule has 0 aliphatic carbocycles. The maximum atomic E-state index is 14.3. The minimum atomic E-state index is -0.711. The van der Waals surface area contributed by atoms with E-state index in [-0.39, 0.29) is 5.78 Å². The van der Waals surface area contributed by atoms with E-state index in [0.717, 1.165) is 40.8 Å². The van der Waals surface area contributed by atoms with Crippen LogP contribution >= 0.6 is 0 Å². The quantitative estimate of drug-likeness (QED) is 0.322. The highest BCUT2D eigenvalue weighted by molar-refractivity contribution is 6.21. The van der Waals surface area contributed by atoms with E-state index in [4.69, 9.17) is 9.47 Å². The molecule has 0 radical (unpaired) electrons. The Bertz CT molecular complexity index is 1500. The van der Waals surface area contributed by atoms with Crippen LogP contribution in [0.1, 0.15) is 55.9 Å². The molecule has 0 bridgehead atoms. The first kappa shape index (κ1) is 22.6. The molecule has 0 unspecified atom stereocenters. The number of ketones is 1. The molecule has 1 aromatic heterocycles. The van der Waals surface area contributed by atoms with E-state index < -0.39 is 11.6 Å². The number of methoxy groups -OCH3 is 1. The number of rotatable bonds is 5. The molecule has 2 aliphatic rings. The molecule has 1 saturated heterocycles. The number of nitrogens with zero attached hydrogens (tertiary/aromatic N) is 1. The molecule has 0 amide bonds. The van der Waals surface area contributed by atoms with Crippen LogP contribution in [-0.2, 0) is 16.9 Å². The van der Waals surface area contributed by atoms with E-state index in [9.17, 15) is 9.59 Å². The first-order valence-electron chi connectivity index (χ1n) is 12.4. The van der Waals surface area contributed by atoms with E-state index in [1.165, 1.54) is 0 Å². The molecule has 0 atom stereocenters. The normalized spacial score (nSPS) is 16.2. The zero-order valence-corrected chi connectivity index (χ0v) is 20.5. The van der Waals surface area contributed by atoms with E-state index in [1.807, 2.05) is 55.5 Å². The number of piperidine rings is 1. The van der Waals surface area contributed by atoms with Gasteiger partial charge in [-0.05, 0) is 43.8 Å². The van der Waals surface area contributed by atoms with Gasteiger partial charge in [-0.1, -0.05) is 48.5 Å². The van der Waals surface area contributed by atoms with Crippen LogP contribution in [0, 0.1) is 6.92 Å². The van der Waals surface area contributed by atoms with Crippen molar-refractivity contribution in [1.82, 2.24) is 9.88 Å². The Morgan fingerprint density at radius 1 is 1.06 bits per heavy atom. The highest BCUT2D eigenvalue weighted by Crippen LogP contribution is 2.46. The van der Waals surface area contributed by atoms with Crippen molar-refractivity contribution < 1.29 is 19.1 Å². The number of hydrogen-bond donors (Lipinski definition) is 1. The van der Waals surface area contributed by atoms with Crippen LogP contribution in [0.15, 0.2) is 66.7 Å². The second-order valence-electron chi connectivity index (χ2n) is 9.61. The average molecular weight is 481 g/mol. The molecule has 3 heterocycles. The Hall–Kier alpha value is -3.90. The van der Waals surface area contributed by atoms with Crippen molar-refractivity contribution in [2.45, 2.75) is 31.9 Å². The third kappa shape index (κ3) is 3.44. The number of hydrogen-bond acceptors (Lipinski definition) is 5. The van der Waals surface area contributed by atoms with Crippen LogP contribution in [0.4, 0.5) is 0 Å². The molecule has 182 valence electrons. The largest absolute Gasteiger partial charge is 0.497 e. The van der Waals surface area contributed by atoms with Crippen molar-refractivity contribution in [2.24, 2.45) is 0 Å². The molecule has 36 heavy (non-hydrogen) atoms. The molecule has 3 aromatic carbocycles. The van der Waals surface area contributed by atoms with E-state index in [1.54, 1.807) is 13.2 Å². The van der Waals surface area contributed by atoms with Gasteiger partial charge in [-0.3, -0.25) is 4.79 Å². The zero-order valence-electron chi connectivity index (χ0n) is 20.5. The van der Waals surface area contributed by atoms with Gasteiger partial charge in [0.2, 0.25) is 0 Å². The van der Waals surface area contributed by atoms with Crippen molar-refractivity contribution in [3.8, 4) is 5.75 Å². The lowest BCUT2D eigenvalue weighted by Gasteiger charge is -2.33. The number of ether oxygens (including phenoxy) is 2. The fourth-order valence-electron chi connectivity index (χ4n) is 5.80. The number of benzene rings is 3. The number of para-hydroxylation sites is 1. The summed E-state index contributed by atoms with van der Waals surface area (Å²) in [6, 6.07) is 21.7. The van der Waals surface area contributed by atoms with Gasteiger partial charge in [-0.2, -0.15) is 0 Å². The van der Waals surface area contributed by atoms with Crippen LogP contribution in [0.25, 0.3) is 10.9 Å². The molecule has 2 aliphatic heterocycles. The maximum absolute atomic E-state index is 14.3. The first-order chi connectivity index (χ1) is 17.5. The molecular weight excluding hydrogens is 452 g/mol. The van der Waals surface area contributed by atoms with Gasteiger partial charge < -0.3 is 19.4 Å². The van der Waals surface area contributed by atoms with E-state index in [0.29, 0.717) is 41.8 Å². The summed E-state index contributed by atoms with van der Waals surface area (Å²) in [5.74, 6) is -0.0591. The van der Waals surface area contributed by atoms with Gasteiger partial charge in [0.05, 0.1) is 18.2 Å². The van der Waals surface area contributed by atoms with Crippen LogP contribution in [0.2, 0.25) is 0 Å². The summed E-state index contributed by atoms with van der Waals surface area (Å²) in [6.07, 6.45) is 1.34. The fourth-order valence-corrected chi connectivity index (χ4v) is 5.80.